The highest BCUT2D eigenvalue weighted by molar-refractivity contribution is 6.33. The molecule has 1 aliphatic heterocycles. The zero-order chi connectivity index (χ0) is 18.5. The number of anilines is 2. The number of carbonyl (C=O) groups excluding carboxylic acids is 1. The molecule has 0 atom stereocenters. The third-order valence-electron chi connectivity index (χ3n) is 4.70. The van der Waals surface area contributed by atoms with Gasteiger partial charge >= 0.3 is 0 Å². The van der Waals surface area contributed by atoms with E-state index in [2.05, 4.69) is 22.0 Å². The van der Waals surface area contributed by atoms with Crippen LogP contribution in [0, 0.1) is 0 Å². The first-order valence-corrected chi connectivity index (χ1v) is 9.20. The standard InChI is InChI=1S/C20H24ClN3O2.ClH/c1-3-23-9-11-24(12-10-23)19-8-7-16(14-18(19)21)22-20(25)15-5-4-6-17(13-15)26-2;/h4-8,13-14H,3,9-12H2,1-2H3,(H,22,25);1H. The lowest BCUT2D eigenvalue weighted by molar-refractivity contribution is 0.102. The van der Waals surface area contributed by atoms with E-state index < -0.39 is 0 Å². The van der Waals surface area contributed by atoms with Crippen LogP contribution in [0.2, 0.25) is 5.02 Å². The van der Waals surface area contributed by atoms with Crippen LogP contribution in [0.1, 0.15) is 17.3 Å². The molecule has 0 bridgehead atoms. The zero-order valence-electron chi connectivity index (χ0n) is 15.6. The number of likely N-dealkylation sites (N-methyl/N-ethyl adjacent to an activating group) is 1. The maximum Gasteiger partial charge on any atom is 0.255 e. The smallest absolute Gasteiger partial charge is 0.255 e. The van der Waals surface area contributed by atoms with Crippen LogP contribution in [0.15, 0.2) is 42.5 Å². The lowest BCUT2D eigenvalue weighted by Crippen LogP contribution is -2.46. The van der Waals surface area contributed by atoms with Gasteiger partial charge in [0.05, 0.1) is 17.8 Å². The third kappa shape index (κ3) is 5.28. The van der Waals surface area contributed by atoms with Crippen molar-refractivity contribution >= 4 is 41.3 Å². The number of nitrogens with zero attached hydrogens (tertiary/aromatic N) is 2. The number of hydrogen-bond acceptors (Lipinski definition) is 4. The van der Waals surface area contributed by atoms with Crippen LogP contribution in [0.3, 0.4) is 0 Å². The van der Waals surface area contributed by atoms with E-state index in [1.165, 1.54) is 0 Å². The second-order valence-corrected chi connectivity index (χ2v) is 6.68. The Morgan fingerprint density at radius 3 is 2.52 bits per heavy atom. The summed E-state index contributed by atoms with van der Waals surface area (Å²) in [6.07, 6.45) is 0. The largest absolute Gasteiger partial charge is 0.497 e. The fourth-order valence-corrected chi connectivity index (χ4v) is 3.41. The van der Waals surface area contributed by atoms with E-state index in [1.807, 2.05) is 12.1 Å². The molecular formula is C20H25Cl2N3O2. The number of rotatable bonds is 5. The van der Waals surface area contributed by atoms with Crippen LogP contribution in [-0.4, -0.2) is 50.6 Å². The van der Waals surface area contributed by atoms with Crippen LogP contribution in [0.25, 0.3) is 0 Å². The molecule has 7 heteroatoms. The van der Waals surface area contributed by atoms with Gasteiger partial charge < -0.3 is 19.9 Å². The molecule has 27 heavy (non-hydrogen) atoms. The molecule has 1 amide bonds. The van der Waals surface area contributed by atoms with Gasteiger partial charge in [-0.1, -0.05) is 24.6 Å². The molecule has 0 unspecified atom stereocenters. The SMILES string of the molecule is CCN1CCN(c2ccc(NC(=O)c3cccc(OC)c3)cc2Cl)CC1.Cl. The summed E-state index contributed by atoms with van der Waals surface area (Å²) in [6.45, 7) is 7.27. The van der Waals surface area contributed by atoms with Crippen molar-refractivity contribution in [3.63, 3.8) is 0 Å². The van der Waals surface area contributed by atoms with Gasteiger partial charge in [-0.25, -0.2) is 0 Å². The maximum absolute atomic E-state index is 12.4. The summed E-state index contributed by atoms with van der Waals surface area (Å²) in [5.74, 6) is 0.460. The van der Waals surface area contributed by atoms with Crippen molar-refractivity contribution in [1.82, 2.24) is 4.90 Å². The molecule has 0 saturated carbocycles. The molecule has 2 aromatic rings. The number of benzene rings is 2. The second kappa shape index (κ2) is 9.83. The Kier molecular flexibility index (Phi) is 7.78. The average Bonchev–Trinajstić information content (AvgIpc) is 2.68. The van der Waals surface area contributed by atoms with Crippen LogP contribution >= 0.6 is 24.0 Å². The highest BCUT2D eigenvalue weighted by atomic mass is 35.5. The Balaban J connectivity index is 0.00000261. The molecule has 0 spiro atoms. The fraction of sp³-hybridized carbons (Fsp3) is 0.350. The molecule has 1 fully saturated rings. The summed E-state index contributed by atoms with van der Waals surface area (Å²) >= 11 is 6.48. The molecule has 5 nitrogen and oxygen atoms in total. The molecule has 2 aromatic carbocycles. The molecular weight excluding hydrogens is 385 g/mol. The van der Waals surface area contributed by atoms with Crippen molar-refractivity contribution in [3.8, 4) is 5.75 Å². The van der Waals surface area contributed by atoms with Crippen molar-refractivity contribution in [2.24, 2.45) is 0 Å². The van der Waals surface area contributed by atoms with Gasteiger partial charge in [-0.2, -0.15) is 0 Å². The number of ether oxygens (including phenoxy) is 1. The van der Waals surface area contributed by atoms with E-state index in [9.17, 15) is 4.79 Å². The van der Waals surface area contributed by atoms with E-state index in [1.54, 1.807) is 37.4 Å². The number of nitrogens with one attached hydrogen (secondary N) is 1. The average molecular weight is 410 g/mol. The topological polar surface area (TPSA) is 44.8 Å². The van der Waals surface area contributed by atoms with Crippen LogP contribution < -0.4 is 15.0 Å². The number of hydrogen-bond donors (Lipinski definition) is 1. The lowest BCUT2D eigenvalue weighted by Gasteiger charge is -2.36. The van der Waals surface area contributed by atoms with Crippen LogP contribution in [-0.2, 0) is 0 Å². The third-order valence-corrected chi connectivity index (χ3v) is 5.00. The quantitative estimate of drug-likeness (QED) is 0.804. The molecule has 3 rings (SSSR count). The summed E-state index contributed by atoms with van der Waals surface area (Å²) in [5.41, 5.74) is 2.24. The number of halogens is 2. The van der Waals surface area contributed by atoms with Gasteiger partial charge in [-0.3, -0.25) is 4.79 Å². The fourth-order valence-electron chi connectivity index (χ4n) is 3.11. The molecule has 0 aliphatic carbocycles. The first kappa shape index (κ1) is 21.4. The summed E-state index contributed by atoms with van der Waals surface area (Å²) in [4.78, 5) is 17.1. The first-order chi connectivity index (χ1) is 12.6. The van der Waals surface area contributed by atoms with E-state index >= 15 is 0 Å². The minimum atomic E-state index is -0.190. The molecule has 1 saturated heterocycles. The molecule has 0 radical (unpaired) electrons. The lowest BCUT2D eigenvalue weighted by atomic mass is 10.2. The molecule has 0 aromatic heterocycles. The van der Waals surface area contributed by atoms with E-state index in [0.717, 1.165) is 38.4 Å². The van der Waals surface area contributed by atoms with Crippen molar-refractivity contribution in [2.75, 3.05) is 50.1 Å². The highest BCUT2D eigenvalue weighted by Crippen LogP contribution is 2.30. The first-order valence-electron chi connectivity index (χ1n) is 8.83. The van der Waals surface area contributed by atoms with Gasteiger partial charge in [0.2, 0.25) is 0 Å². The van der Waals surface area contributed by atoms with Crippen molar-refractivity contribution in [1.29, 1.82) is 0 Å². The van der Waals surface area contributed by atoms with Crippen molar-refractivity contribution in [2.45, 2.75) is 6.92 Å². The number of piperazine rings is 1. The zero-order valence-corrected chi connectivity index (χ0v) is 17.1. The minimum absolute atomic E-state index is 0. The minimum Gasteiger partial charge on any atom is -0.497 e. The normalized spacial score (nSPS) is 14.4. The van der Waals surface area contributed by atoms with Gasteiger partial charge in [-0.05, 0) is 42.9 Å². The van der Waals surface area contributed by atoms with E-state index in [0.29, 0.717) is 22.0 Å². The summed E-state index contributed by atoms with van der Waals surface area (Å²) in [6, 6.07) is 12.7. The van der Waals surface area contributed by atoms with E-state index in [4.69, 9.17) is 16.3 Å². The van der Waals surface area contributed by atoms with Crippen LogP contribution in [0.5, 0.6) is 5.75 Å². The van der Waals surface area contributed by atoms with Gasteiger partial charge in [0, 0.05) is 37.4 Å². The Bertz CT molecular complexity index is 778. The Morgan fingerprint density at radius 1 is 1.15 bits per heavy atom. The van der Waals surface area contributed by atoms with E-state index in [-0.39, 0.29) is 18.3 Å². The Morgan fingerprint density at radius 2 is 1.89 bits per heavy atom. The predicted octanol–water partition coefficient (Wildman–Crippen LogP) is 4.16. The number of carbonyl (C=O) groups is 1. The number of amides is 1. The predicted molar refractivity (Wildman–Crippen MR) is 114 cm³/mol. The summed E-state index contributed by atoms with van der Waals surface area (Å²) in [5, 5.41) is 3.54. The highest BCUT2D eigenvalue weighted by Gasteiger charge is 2.18. The molecule has 146 valence electrons. The monoisotopic (exact) mass is 409 g/mol. The maximum atomic E-state index is 12.4. The molecule has 1 aliphatic rings. The van der Waals surface area contributed by atoms with Crippen LogP contribution in [0.4, 0.5) is 11.4 Å². The summed E-state index contributed by atoms with van der Waals surface area (Å²) in [7, 11) is 1.58. The van der Waals surface area contributed by atoms with Gasteiger partial charge in [0.15, 0.2) is 0 Å². The molecule has 1 heterocycles. The Hall–Kier alpha value is -1.95. The Labute approximate surface area is 171 Å². The summed E-state index contributed by atoms with van der Waals surface area (Å²) < 4.78 is 5.16. The number of methoxy groups -OCH3 is 1. The molecule has 1 N–H and O–H groups in total. The van der Waals surface area contributed by atoms with Crippen molar-refractivity contribution in [3.05, 3.63) is 53.1 Å². The second-order valence-electron chi connectivity index (χ2n) is 6.27. The van der Waals surface area contributed by atoms with Gasteiger partial charge in [0.1, 0.15) is 5.75 Å². The van der Waals surface area contributed by atoms with Gasteiger partial charge in [0.25, 0.3) is 5.91 Å². The van der Waals surface area contributed by atoms with Gasteiger partial charge in [-0.15, -0.1) is 12.4 Å². The van der Waals surface area contributed by atoms with Crippen molar-refractivity contribution < 1.29 is 9.53 Å².